The number of allylic oxidation sites excluding steroid dienone is 5. The Morgan fingerprint density at radius 1 is 0.711 bits per heavy atom. The second kappa shape index (κ2) is 11.4. The molecule has 0 saturated heterocycles. The molecule has 6 heteroatoms. The minimum absolute atomic E-state index is 0.343. The van der Waals surface area contributed by atoms with E-state index in [2.05, 4.69) is 152 Å². The largest absolute Gasteiger partial charge is 0.312 e. The van der Waals surface area contributed by atoms with Crippen LogP contribution >= 0.6 is 16.4 Å². The molecular weight excluding hydrogens is 502 g/mol. The molecule has 5 aromatic rings. The van der Waals surface area contributed by atoms with Gasteiger partial charge in [0.2, 0.25) is 0 Å². The number of nitrogens with zero attached hydrogens (tertiary/aromatic N) is 4. The highest BCUT2D eigenvalue weighted by Crippen LogP contribution is 2.56. The van der Waals surface area contributed by atoms with E-state index in [9.17, 15) is 0 Å². The monoisotopic (exact) mass is 534 g/mol. The van der Waals surface area contributed by atoms with Gasteiger partial charge in [0, 0.05) is 66.1 Å². The Morgan fingerprint density at radius 2 is 1.26 bits per heavy atom. The summed E-state index contributed by atoms with van der Waals surface area (Å²) in [6, 6.07) is 24.1. The van der Waals surface area contributed by atoms with Crippen molar-refractivity contribution in [3.8, 4) is 0 Å². The van der Waals surface area contributed by atoms with Crippen molar-refractivity contribution in [2.45, 2.75) is 25.2 Å². The van der Waals surface area contributed by atoms with Crippen LogP contribution in [-0.2, 0) is 6.42 Å². The van der Waals surface area contributed by atoms with Crippen LogP contribution in [-0.4, -0.2) is 17.4 Å². The maximum Gasteiger partial charge on any atom is 0.136 e. The highest BCUT2D eigenvalue weighted by atomic mass is 31.1. The van der Waals surface area contributed by atoms with Crippen molar-refractivity contribution in [3.05, 3.63) is 164 Å². The van der Waals surface area contributed by atoms with E-state index in [1.165, 1.54) is 28.2 Å². The van der Waals surface area contributed by atoms with Crippen LogP contribution in [0.1, 0.15) is 29.9 Å². The molecule has 0 aliphatic heterocycles. The summed E-state index contributed by atoms with van der Waals surface area (Å²) in [5.74, 6) is 0.343. The molecule has 4 aromatic heterocycles. The van der Waals surface area contributed by atoms with Crippen molar-refractivity contribution < 1.29 is 0 Å². The van der Waals surface area contributed by atoms with Crippen molar-refractivity contribution in [2.75, 3.05) is 0 Å². The smallest absolute Gasteiger partial charge is 0.136 e. The van der Waals surface area contributed by atoms with Gasteiger partial charge in [0.1, 0.15) is 16.4 Å². The number of aromatic nitrogens is 4. The van der Waals surface area contributed by atoms with Crippen LogP contribution in [0.15, 0.2) is 153 Å². The Morgan fingerprint density at radius 3 is 1.82 bits per heavy atom. The molecule has 38 heavy (non-hydrogen) atoms. The van der Waals surface area contributed by atoms with Gasteiger partial charge in [0.25, 0.3) is 0 Å². The summed E-state index contributed by atoms with van der Waals surface area (Å²) in [6.45, 7) is 3.91. The molecule has 1 aliphatic carbocycles. The quantitative estimate of drug-likeness (QED) is 0.134. The van der Waals surface area contributed by atoms with Crippen LogP contribution in [0.5, 0.6) is 0 Å². The molecule has 1 unspecified atom stereocenters. The summed E-state index contributed by atoms with van der Waals surface area (Å²) in [5.41, 5.74) is 3.00. The third kappa shape index (κ3) is 4.83. The van der Waals surface area contributed by atoms with Crippen LogP contribution in [0.3, 0.4) is 0 Å². The standard InChI is InChI=1S/C32H32N4P2/c1-2-3-4-18-31(37(33-20-5-6-21-33)34-22-7-8-23-34)29-16-13-17-30-28(29)15-14-19-32(30)38(35-24-9-10-25-35)36-26-11-12-27-36/h2-12,14-15,18-27,29H,1,13,16-17H2/b4-3-,31-18-. The van der Waals surface area contributed by atoms with Gasteiger partial charge in [0.05, 0.1) is 0 Å². The molecule has 0 N–H and O–H groups in total. The second-order valence-corrected chi connectivity index (χ2v) is 13.3. The predicted octanol–water partition coefficient (Wildman–Crippen LogP) is 8.38. The Balaban J connectivity index is 1.50. The predicted molar refractivity (Wildman–Crippen MR) is 162 cm³/mol. The summed E-state index contributed by atoms with van der Waals surface area (Å²) in [6.07, 6.45) is 29.5. The minimum atomic E-state index is -0.798. The first-order chi connectivity index (χ1) is 18.8. The molecular formula is C32H32N4P2. The lowest BCUT2D eigenvalue weighted by Gasteiger charge is -2.35. The topological polar surface area (TPSA) is 19.7 Å². The summed E-state index contributed by atoms with van der Waals surface area (Å²) >= 11 is 0. The molecule has 0 saturated carbocycles. The van der Waals surface area contributed by atoms with E-state index >= 15 is 0 Å². The van der Waals surface area contributed by atoms with E-state index in [0.717, 1.165) is 12.8 Å². The van der Waals surface area contributed by atoms with Crippen molar-refractivity contribution in [1.29, 1.82) is 0 Å². The van der Waals surface area contributed by atoms with Crippen LogP contribution in [0.25, 0.3) is 0 Å². The number of rotatable bonds is 9. The third-order valence-corrected chi connectivity index (χ3v) is 11.6. The Labute approximate surface area is 227 Å². The molecule has 4 nitrogen and oxygen atoms in total. The molecule has 6 rings (SSSR count). The molecule has 0 fully saturated rings. The molecule has 0 amide bonds. The van der Waals surface area contributed by atoms with Crippen molar-refractivity contribution in [3.63, 3.8) is 0 Å². The zero-order chi connectivity index (χ0) is 25.7. The van der Waals surface area contributed by atoms with Gasteiger partial charge in [0.15, 0.2) is 0 Å². The lowest BCUT2D eigenvalue weighted by Crippen LogP contribution is -2.23. The molecule has 1 aromatic carbocycles. The Hall–Kier alpha value is -3.58. The average molecular weight is 535 g/mol. The highest BCUT2D eigenvalue weighted by molar-refractivity contribution is 7.62. The number of hydrogen-bond acceptors (Lipinski definition) is 0. The lowest BCUT2D eigenvalue weighted by molar-refractivity contribution is 0.623. The highest BCUT2D eigenvalue weighted by Gasteiger charge is 2.32. The molecule has 0 spiro atoms. The van der Waals surface area contributed by atoms with E-state index in [4.69, 9.17) is 0 Å². The van der Waals surface area contributed by atoms with Gasteiger partial charge < -0.3 is 17.4 Å². The van der Waals surface area contributed by atoms with Crippen LogP contribution in [0.4, 0.5) is 0 Å². The van der Waals surface area contributed by atoms with Crippen LogP contribution in [0.2, 0.25) is 0 Å². The van der Waals surface area contributed by atoms with Crippen molar-refractivity contribution in [1.82, 2.24) is 17.4 Å². The van der Waals surface area contributed by atoms with Crippen LogP contribution < -0.4 is 5.30 Å². The first kappa shape index (κ1) is 24.7. The first-order valence-electron chi connectivity index (χ1n) is 13.1. The number of fused-ring (bicyclic) bond motifs is 1. The fourth-order valence-corrected chi connectivity index (χ4v) is 10.0. The van der Waals surface area contributed by atoms with Gasteiger partial charge in [-0.2, -0.15) is 0 Å². The van der Waals surface area contributed by atoms with Gasteiger partial charge in [-0.25, -0.2) is 0 Å². The van der Waals surface area contributed by atoms with Gasteiger partial charge in [-0.3, -0.25) is 0 Å². The Kier molecular flexibility index (Phi) is 7.45. The zero-order valence-electron chi connectivity index (χ0n) is 21.4. The van der Waals surface area contributed by atoms with Gasteiger partial charge >= 0.3 is 0 Å². The molecule has 4 heterocycles. The molecule has 1 atom stereocenters. The third-order valence-electron chi connectivity index (χ3n) is 7.03. The van der Waals surface area contributed by atoms with Gasteiger partial charge in [-0.1, -0.05) is 49.1 Å². The summed E-state index contributed by atoms with van der Waals surface area (Å²) < 4.78 is 9.52. The molecule has 0 bridgehead atoms. The minimum Gasteiger partial charge on any atom is -0.312 e. The molecule has 190 valence electrons. The number of benzene rings is 1. The maximum absolute atomic E-state index is 3.91. The summed E-state index contributed by atoms with van der Waals surface area (Å²) in [5, 5.41) is 2.90. The average Bonchev–Trinajstić information content (AvgIpc) is 3.77. The van der Waals surface area contributed by atoms with Gasteiger partial charge in [-0.05, 0) is 78.9 Å². The Bertz CT molecular complexity index is 1440. The molecule has 0 radical (unpaired) electrons. The maximum atomic E-state index is 3.91. The first-order valence-corrected chi connectivity index (χ1v) is 15.6. The van der Waals surface area contributed by atoms with Crippen molar-refractivity contribution in [2.24, 2.45) is 0 Å². The normalized spacial score (nSPS) is 15.9. The van der Waals surface area contributed by atoms with E-state index < -0.39 is 16.4 Å². The summed E-state index contributed by atoms with van der Waals surface area (Å²) in [4.78, 5) is 0. The van der Waals surface area contributed by atoms with E-state index in [0.29, 0.717) is 5.92 Å². The fourth-order valence-electron chi connectivity index (χ4n) is 5.44. The van der Waals surface area contributed by atoms with E-state index in [-0.39, 0.29) is 0 Å². The van der Waals surface area contributed by atoms with E-state index in [1.807, 2.05) is 12.2 Å². The summed E-state index contributed by atoms with van der Waals surface area (Å²) in [7, 11) is -1.54. The lowest BCUT2D eigenvalue weighted by atomic mass is 9.82. The molecule has 1 aliphatic rings. The number of hydrogen-bond donors (Lipinski definition) is 0. The van der Waals surface area contributed by atoms with Crippen LogP contribution in [0, 0.1) is 0 Å². The van der Waals surface area contributed by atoms with Gasteiger partial charge in [-0.15, -0.1) is 0 Å². The second-order valence-electron chi connectivity index (χ2n) is 9.33. The zero-order valence-corrected chi connectivity index (χ0v) is 23.2. The van der Waals surface area contributed by atoms with E-state index in [1.54, 1.807) is 0 Å². The van der Waals surface area contributed by atoms with Crippen molar-refractivity contribution >= 4 is 21.8 Å². The SMILES string of the molecule is C=C/C=C\C=C(\C1CCCc2c1cccc2P(n1cccc1)n1cccc1)P(n1cccc1)n1cccc1. The fraction of sp³-hybridized carbons (Fsp3) is 0.125.